The number of aliphatic hydroxyl groups is 3. The summed E-state index contributed by atoms with van der Waals surface area (Å²) in [5.74, 6) is 3.46. The monoisotopic (exact) mass is 586 g/mol. The van der Waals surface area contributed by atoms with Crippen LogP contribution in [-0.2, 0) is 9.57 Å². The molecule has 4 rings (SSSR count). The Hall–Kier alpha value is -2.65. The van der Waals surface area contributed by atoms with Crippen molar-refractivity contribution in [3.05, 3.63) is 58.4 Å². The molecule has 1 aliphatic rings. The molecule has 9 nitrogen and oxygen atoms in total. The number of hydrogen-bond acceptors (Lipinski definition) is 7. The number of ether oxygens (including phenoxy) is 1. The predicted octanol–water partition coefficient (Wildman–Crippen LogP) is 4.40. The Morgan fingerprint density at radius 2 is 1.70 bits per heavy atom. The first kappa shape index (κ1) is 30.3. The molecule has 1 unspecified atom stereocenters. The van der Waals surface area contributed by atoms with E-state index >= 15 is 0 Å². The molecule has 0 radical (unpaired) electrons. The van der Waals surface area contributed by atoms with E-state index in [-0.39, 0.29) is 0 Å². The van der Waals surface area contributed by atoms with Gasteiger partial charge in [-0.05, 0) is 34.3 Å². The average Bonchev–Trinajstić information content (AvgIpc) is 3.41. The molecule has 0 amide bonds. The predicted molar refractivity (Wildman–Crippen MR) is 157 cm³/mol. The Balaban J connectivity index is 1.84. The minimum atomic E-state index is -2.07. The van der Waals surface area contributed by atoms with Gasteiger partial charge >= 0.3 is 0 Å². The summed E-state index contributed by atoms with van der Waals surface area (Å²) < 4.78 is 7.82. The van der Waals surface area contributed by atoms with Crippen LogP contribution in [0, 0.1) is 11.5 Å². The zero-order valence-corrected chi connectivity index (χ0v) is 25.7. The number of fused-ring (bicyclic) bond motifs is 1. The molecular weight excluding hydrogens is 548 g/mol. The summed E-state index contributed by atoms with van der Waals surface area (Å²) in [4.78, 5) is 12.5. The highest BCUT2D eigenvalue weighted by molar-refractivity contribution is 6.90. The number of nitrogens with zero attached hydrogens (tertiary/aromatic N) is 3. The van der Waals surface area contributed by atoms with Crippen molar-refractivity contribution < 1.29 is 24.9 Å². The van der Waals surface area contributed by atoms with Crippen molar-refractivity contribution >= 4 is 30.7 Å². The van der Waals surface area contributed by atoms with Crippen molar-refractivity contribution in [2.45, 2.75) is 88.8 Å². The van der Waals surface area contributed by atoms with E-state index in [0.29, 0.717) is 49.3 Å². The molecule has 3 aromatic rings. The van der Waals surface area contributed by atoms with Crippen LogP contribution in [0.5, 0.6) is 0 Å². The lowest BCUT2D eigenvalue weighted by Gasteiger charge is -2.38. The van der Waals surface area contributed by atoms with Crippen molar-refractivity contribution in [2.75, 3.05) is 7.11 Å². The first-order valence-corrected chi connectivity index (χ1v) is 16.2. The summed E-state index contributed by atoms with van der Waals surface area (Å²) in [7, 11) is -0.626. The Kier molecular flexibility index (Phi) is 9.14. The van der Waals surface area contributed by atoms with E-state index in [0.717, 1.165) is 0 Å². The van der Waals surface area contributed by atoms with Gasteiger partial charge in [-0.3, -0.25) is 0 Å². The first-order chi connectivity index (χ1) is 18.9. The number of aromatic nitrogens is 3. The van der Waals surface area contributed by atoms with Gasteiger partial charge < -0.3 is 34.4 Å². The number of aliphatic hydroxyl groups excluding tert-OH is 3. The number of H-pyrrole nitrogens is 1. The number of nitrogens with one attached hydrogen (secondary N) is 1. The highest BCUT2D eigenvalue weighted by Crippen LogP contribution is 2.41. The second-order valence-corrected chi connectivity index (χ2v) is 17.3. The van der Waals surface area contributed by atoms with E-state index in [1.165, 1.54) is 13.4 Å². The zero-order chi connectivity index (χ0) is 29.4. The van der Waals surface area contributed by atoms with Crippen LogP contribution in [0.2, 0.25) is 21.6 Å². The maximum atomic E-state index is 11.1. The third-order valence-electron chi connectivity index (χ3n) is 8.17. The van der Waals surface area contributed by atoms with Crippen LogP contribution >= 0.6 is 11.6 Å². The number of aromatic amines is 1. The van der Waals surface area contributed by atoms with Gasteiger partial charge in [0.15, 0.2) is 6.23 Å². The fourth-order valence-corrected chi connectivity index (χ4v) is 11.5. The Labute approximate surface area is 240 Å². The second-order valence-electron chi connectivity index (χ2n) is 11.3. The van der Waals surface area contributed by atoms with E-state index in [4.69, 9.17) is 21.2 Å². The second kappa shape index (κ2) is 12.1. The third-order valence-corrected chi connectivity index (χ3v) is 14.7. The van der Waals surface area contributed by atoms with Gasteiger partial charge in [0.1, 0.15) is 45.2 Å². The van der Waals surface area contributed by atoms with Gasteiger partial charge in [0, 0.05) is 11.2 Å². The summed E-state index contributed by atoms with van der Waals surface area (Å²) in [6.45, 7) is 13.5. The Morgan fingerprint density at radius 1 is 1.07 bits per heavy atom. The lowest BCUT2D eigenvalue weighted by atomic mass is 9.99. The minimum Gasteiger partial charge on any atom is -0.397 e. The molecule has 3 heterocycles. The van der Waals surface area contributed by atoms with Gasteiger partial charge in [-0.2, -0.15) is 0 Å². The average molecular weight is 587 g/mol. The Morgan fingerprint density at radius 3 is 2.27 bits per heavy atom. The summed E-state index contributed by atoms with van der Waals surface area (Å²) in [5.41, 5.74) is 7.08. The molecule has 40 heavy (non-hydrogen) atoms. The third kappa shape index (κ3) is 5.34. The lowest BCUT2D eigenvalue weighted by molar-refractivity contribution is -0.0848. The van der Waals surface area contributed by atoms with Gasteiger partial charge in [-0.15, -0.1) is 5.54 Å². The molecule has 2 aromatic heterocycles. The summed E-state index contributed by atoms with van der Waals surface area (Å²) >= 11 is 5.99. The van der Waals surface area contributed by atoms with Crippen LogP contribution in [0.4, 0.5) is 0 Å². The molecular formula is C29H39ClN4O5Si. The SMILES string of the molecule is CO/N=c1\nc[nH]c2c1c(C#C[Si](C(C)C)(C(C)C)C(C)C)cn2[C@@H]1O[C@H](C(O)c2ccc(Cl)cc2)[C@@H](O)[C@H]1O. The minimum absolute atomic E-state index is 0.330. The van der Waals surface area contributed by atoms with Crippen LogP contribution in [0.3, 0.4) is 0 Å². The van der Waals surface area contributed by atoms with Gasteiger partial charge in [0.25, 0.3) is 0 Å². The number of halogens is 1. The van der Waals surface area contributed by atoms with Gasteiger partial charge in [-0.1, -0.05) is 76.4 Å². The maximum absolute atomic E-state index is 11.1. The highest BCUT2D eigenvalue weighted by Gasteiger charge is 2.48. The van der Waals surface area contributed by atoms with E-state index < -0.39 is 38.7 Å². The number of rotatable bonds is 7. The molecule has 4 N–H and O–H groups in total. The van der Waals surface area contributed by atoms with Crippen molar-refractivity contribution in [1.29, 1.82) is 0 Å². The summed E-state index contributed by atoms with van der Waals surface area (Å²) in [6.07, 6.45) is -2.72. The molecule has 1 aliphatic heterocycles. The molecule has 1 aromatic carbocycles. The summed E-state index contributed by atoms with van der Waals surface area (Å²) in [5, 5.41) is 38.3. The number of hydrogen-bond donors (Lipinski definition) is 4. The molecule has 1 saturated heterocycles. The van der Waals surface area contributed by atoms with Crippen molar-refractivity contribution in [1.82, 2.24) is 14.5 Å². The van der Waals surface area contributed by atoms with Crippen LogP contribution in [0.25, 0.3) is 11.0 Å². The molecule has 0 aliphatic carbocycles. The topological polar surface area (TPSA) is 125 Å². The largest absolute Gasteiger partial charge is 0.397 e. The van der Waals surface area contributed by atoms with Crippen molar-refractivity contribution in [2.24, 2.45) is 5.16 Å². The first-order valence-electron chi connectivity index (χ1n) is 13.6. The maximum Gasteiger partial charge on any atom is 0.205 e. The van der Waals surface area contributed by atoms with Crippen LogP contribution in [-0.4, -0.2) is 63.4 Å². The van der Waals surface area contributed by atoms with E-state index in [9.17, 15) is 15.3 Å². The smallest absolute Gasteiger partial charge is 0.205 e. The molecule has 0 spiro atoms. The van der Waals surface area contributed by atoms with E-state index in [1.807, 2.05) is 0 Å². The molecule has 0 saturated carbocycles. The highest BCUT2D eigenvalue weighted by atomic mass is 35.5. The van der Waals surface area contributed by atoms with Gasteiger partial charge in [-0.25, -0.2) is 4.98 Å². The normalized spacial score (nSPS) is 22.8. The van der Waals surface area contributed by atoms with Crippen molar-refractivity contribution in [3.8, 4) is 11.5 Å². The lowest BCUT2D eigenvalue weighted by Crippen LogP contribution is -2.43. The van der Waals surface area contributed by atoms with Gasteiger partial charge in [0.05, 0.1) is 17.3 Å². The van der Waals surface area contributed by atoms with Crippen molar-refractivity contribution in [3.63, 3.8) is 0 Å². The zero-order valence-electron chi connectivity index (χ0n) is 24.0. The molecule has 11 heteroatoms. The molecule has 216 valence electrons. The molecule has 0 bridgehead atoms. The summed E-state index contributed by atoms with van der Waals surface area (Å²) in [6, 6.07) is 6.62. The molecule has 1 fully saturated rings. The molecule has 5 atom stereocenters. The Bertz CT molecular complexity index is 1440. The van der Waals surface area contributed by atoms with E-state index in [2.05, 4.69) is 68.1 Å². The quantitative estimate of drug-likeness (QED) is 0.185. The fraction of sp³-hybridized carbons (Fsp3) is 0.517. The van der Waals surface area contributed by atoms with Gasteiger partial charge in [0.2, 0.25) is 5.49 Å². The number of benzene rings is 1. The van der Waals surface area contributed by atoms with Crippen LogP contribution in [0.1, 0.15) is 65.0 Å². The van der Waals surface area contributed by atoms with Crippen LogP contribution < -0.4 is 5.49 Å². The van der Waals surface area contributed by atoms with Crippen LogP contribution in [0.15, 0.2) is 41.9 Å². The standard InChI is InChI=1S/C29H39ClN4O5Si/c1-16(2)40(17(3)4,18(5)6)13-12-20-14-34(28-22(20)27(33-38-7)31-15-32-28)29-25(37)24(36)26(39-29)23(35)19-8-10-21(30)11-9-19/h8-11,14-18,23-26,29,35-37H,1-7H3,(H,31,32,33)/t23?,24-,25+,26+,29+/m0/s1. The fourth-order valence-electron chi connectivity index (χ4n) is 6.20. The van der Waals surface area contributed by atoms with E-state index in [1.54, 1.807) is 35.0 Å².